The summed E-state index contributed by atoms with van der Waals surface area (Å²) >= 11 is 0. The van der Waals surface area contributed by atoms with Gasteiger partial charge in [0.25, 0.3) is 5.91 Å². The molecule has 22 heavy (non-hydrogen) atoms. The van der Waals surface area contributed by atoms with Crippen LogP contribution in [0.2, 0.25) is 0 Å². The molecule has 6 heteroatoms. The van der Waals surface area contributed by atoms with E-state index in [-0.39, 0.29) is 11.5 Å². The molecule has 0 radical (unpaired) electrons. The van der Waals surface area contributed by atoms with Crippen molar-refractivity contribution < 1.29 is 14.3 Å². The number of esters is 1. The molecule has 1 amide bonds. The van der Waals surface area contributed by atoms with Gasteiger partial charge in [0.15, 0.2) is 5.57 Å². The molecule has 1 aromatic carbocycles. The normalized spacial score (nSPS) is 10.5. The summed E-state index contributed by atoms with van der Waals surface area (Å²) in [5.74, 6) is -0.829. The number of unbranched alkanes of at least 4 members (excludes halogenated alkanes) is 1. The van der Waals surface area contributed by atoms with Crippen LogP contribution in [0.5, 0.6) is 0 Å². The van der Waals surface area contributed by atoms with Crippen LogP contribution in [0.4, 0.5) is 5.69 Å². The SMILES string of the molecule is CCCCNC(=O)c1ccc(N/C=C(\C#N)C(=O)OC)cc1. The van der Waals surface area contributed by atoms with Crippen LogP contribution in [-0.4, -0.2) is 25.5 Å². The second-order valence-corrected chi connectivity index (χ2v) is 4.49. The van der Waals surface area contributed by atoms with Crippen molar-refractivity contribution in [3.05, 3.63) is 41.6 Å². The smallest absolute Gasteiger partial charge is 0.350 e. The molecule has 0 bridgehead atoms. The third-order valence-electron chi connectivity index (χ3n) is 2.87. The van der Waals surface area contributed by atoms with Crippen LogP contribution in [0.25, 0.3) is 0 Å². The minimum atomic E-state index is -0.707. The molecule has 0 aromatic heterocycles. The van der Waals surface area contributed by atoms with E-state index in [2.05, 4.69) is 22.3 Å². The summed E-state index contributed by atoms with van der Waals surface area (Å²) in [5, 5.41) is 14.5. The summed E-state index contributed by atoms with van der Waals surface area (Å²) in [6.45, 7) is 2.71. The average Bonchev–Trinajstić information content (AvgIpc) is 2.55. The molecule has 1 rings (SSSR count). The van der Waals surface area contributed by atoms with Gasteiger partial charge >= 0.3 is 5.97 Å². The molecule has 6 nitrogen and oxygen atoms in total. The largest absolute Gasteiger partial charge is 0.465 e. The van der Waals surface area contributed by atoms with Gasteiger partial charge in [-0.05, 0) is 30.7 Å². The lowest BCUT2D eigenvalue weighted by molar-refractivity contribution is -0.135. The van der Waals surface area contributed by atoms with E-state index in [9.17, 15) is 9.59 Å². The number of benzene rings is 1. The predicted octanol–water partition coefficient (Wildman–Crippen LogP) is 2.21. The Kier molecular flexibility index (Phi) is 7.20. The highest BCUT2D eigenvalue weighted by Gasteiger charge is 2.08. The molecule has 0 saturated heterocycles. The van der Waals surface area contributed by atoms with Crippen LogP contribution in [0.15, 0.2) is 36.0 Å². The molecule has 0 aliphatic heterocycles. The molecule has 0 saturated carbocycles. The first-order chi connectivity index (χ1) is 10.6. The fraction of sp³-hybridized carbons (Fsp3) is 0.312. The van der Waals surface area contributed by atoms with Gasteiger partial charge in [0.2, 0.25) is 0 Å². The number of nitrogens with one attached hydrogen (secondary N) is 2. The number of ether oxygens (including phenoxy) is 1. The number of carbonyl (C=O) groups excluding carboxylic acids is 2. The van der Waals surface area contributed by atoms with Crippen LogP contribution in [0.1, 0.15) is 30.1 Å². The van der Waals surface area contributed by atoms with E-state index in [4.69, 9.17) is 5.26 Å². The van der Waals surface area contributed by atoms with Gasteiger partial charge in [0, 0.05) is 24.0 Å². The lowest BCUT2D eigenvalue weighted by Gasteiger charge is -2.06. The summed E-state index contributed by atoms with van der Waals surface area (Å²) in [6, 6.07) is 8.46. The maximum atomic E-state index is 11.8. The van der Waals surface area contributed by atoms with Crippen molar-refractivity contribution >= 4 is 17.6 Å². The Labute approximate surface area is 129 Å². The van der Waals surface area contributed by atoms with Crippen molar-refractivity contribution in [3.8, 4) is 6.07 Å². The number of anilines is 1. The zero-order valence-electron chi connectivity index (χ0n) is 12.7. The number of nitrogens with zero attached hydrogens (tertiary/aromatic N) is 1. The Morgan fingerprint density at radius 1 is 1.32 bits per heavy atom. The van der Waals surface area contributed by atoms with Gasteiger partial charge in [-0.2, -0.15) is 5.26 Å². The highest BCUT2D eigenvalue weighted by molar-refractivity contribution is 5.94. The van der Waals surface area contributed by atoms with Gasteiger partial charge in [-0.15, -0.1) is 0 Å². The minimum Gasteiger partial charge on any atom is -0.465 e. The van der Waals surface area contributed by atoms with E-state index in [1.807, 2.05) is 0 Å². The van der Waals surface area contributed by atoms with E-state index >= 15 is 0 Å². The molecule has 116 valence electrons. The molecule has 0 unspecified atom stereocenters. The van der Waals surface area contributed by atoms with Gasteiger partial charge in [-0.1, -0.05) is 13.3 Å². The average molecular weight is 301 g/mol. The Bertz CT molecular complexity index is 586. The molecule has 2 N–H and O–H groups in total. The molecule has 0 fully saturated rings. The van der Waals surface area contributed by atoms with Crippen LogP contribution in [-0.2, 0) is 9.53 Å². The summed E-state index contributed by atoms with van der Waals surface area (Å²) in [6.07, 6.45) is 3.24. The van der Waals surface area contributed by atoms with Crippen molar-refractivity contribution in [2.45, 2.75) is 19.8 Å². The van der Waals surface area contributed by atoms with E-state index in [0.717, 1.165) is 12.8 Å². The number of rotatable bonds is 7. The maximum absolute atomic E-state index is 11.8. The zero-order chi connectivity index (χ0) is 16.4. The lowest BCUT2D eigenvalue weighted by atomic mass is 10.2. The third-order valence-corrected chi connectivity index (χ3v) is 2.87. The summed E-state index contributed by atoms with van der Waals surface area (Å²) in [4.78, 5) is 23.1. The standard InChI is InChI=1S/C16H19N3O3/c1-3-4-9-18-15(20)12-5-7-14(8-6-12)19-11-13(10-17)16(21)22-2/h5-8,11,19H,3-4,9H2,1-2H3,(H,18,20)/b13-11+. The van der Waals surface area contributed by atoms with Gasteiger partial charge in [-0.3, -0.25) is 4.79 Å². The number of hydrogen-bond acceptors (Lipinski definition) is 5. The Morgan fingerprint density at radius 2 is 2.00 bits per heavy atom. The van der Waals surface area contributed by atoms with Crippen molar-refractivity contribution in [1.29, 1.82) is 5.26 Å². The Hall–Kier alpha value is -2.81. The second kappa shape index (κ2) is 9.19. The summed E-state index contributed by atoms with van der Waals surface area (Å²) in [5.41, 5.74) is 1.07. The zero-order valence-corrected chi connectivity index (χ0v) is 12.7. The van der Waals surface area contributed by atoms with Crippen molar-refractivity contribution in [1.82, 2.24) is 5.32 Å². The van der Waals surface area contributed by atoms with Crippen molar-refractivity contribution in [2.24, 2.45) is 0 Å². The first kappa shape index (κ1) is 17.2. The highest BCUT2D eigenvalue weighted by Crippen LogP contribution is 2.10. The van der Waals surface area contributed by atoms with Gasteiger partial charge in [0.1, 0.15) is 6.07 Å². The highest BCUT2D eigenvalue weighted by atomic mass is 16.5. The van der Waals surface area contributed by atoms with Crippen molar-refractivity contribution in [3.63, 3.8) is 0 Å². The van der Waals surface area contributed by atoms with E-state index in [1.54, 1.807) is 30.3 Å². The molecule has 0 atom stereocenters. The maximum Gasteiger partial charge on any atom is 0.350 e. The molecule has 0 aliphatic rings. The Morgan fingerprint density at radius 3 is 2.55 bits per heavy atom. The topological polar surface area (TPSA) is 91.2 Å². The van der Waals surface area contributed by atoms with E-state index in [1.165, 1.54) is 13.3 Å². The molecule has 0 spiro atoms. The third kappa shape index (κ3) is 5.29. The number of hydrogen-bond donors (Lipinski definition) is 2. The second-order valence-electron chi connectivity index (χ2n) is 4.49. The molecule has 0 aliphatic carbocycles. The van der Waals surface area contributed by atoms with E-state index in [0.29, 0.717) is 17.8 Å². The lowest BCUT2D eigenvalue weighted by Crippen LogP contribution is -2.24. The number of methoxy groups -OCH3 is 1. The van der Waals surface area contributed by atoms with Gasteiger partial charge < -0.3 is 15.4 Å². The fourth-order valence-corrected chi connectivity index (χ4v) is 1.60. The summed E-state index contributed by atoms with van der Waals surface area (Å²) in [7, 11) is 1.21. The molecule has 1 aromatic rings. The van der Waals surface area contributed by atoms with E-state index < -0.39 is 5.97 Å². The fourth-order valence-electron chi connectivity index (χ4n) is 1.60. The molecule has 0 heterocycles. The van der Waals surface area contributed by atoms with Crippen LogP contribution in [0.3, 0.4) is 0 Å². The van der Waals surface area contributed by atoms with Crippen LogP contribution >= 0.6 is 0 Å². The molecular weight excluding hydrogens is 282 g/mol. The number of amides is 1. The molecular formula is C16H19N3O3. The first-order valence-electron chi connectivity index (χ1n) is 6.95. The van der Waals surface area contributed by atoms with Crippen molar-refractivity contribution in [2.75, 3.05) is 19.0 Å². The first-order valence-corrected chi connectivity index (χ1v) is 6.95. The monoisotopic (exact) mass is 301 g/mol. The van der Waals surface area contributed by atoms with Crippen LogP contribution in [0, 0.1) is 11.3 Å². The van der Waals surface area contributed by atoms with Crippen LogP contribution < -0.4 is 10.6 Å². The minimum absolute atomic E-state index is 0.122. The quantitative estimate of drug-likeness (QED) is 0.349. The van der Waals surface area contributed by atoms with Gasteiger partial charge in [-0.25, -0.2) is 4.79 Å². The van der Waals surface area contributed by atoms with Gasteiger partial charge in [0.05, 0.1) is 7.11 Å². The number of carbonyl (C=O) groups is 2. The summed E-state index contributed by atoms with van der Waals surface area (Å²) < 4.78 is 4.47. The predicted molar refractivity (Wildman–Crippen MR) is 83.0 cm³/mol. The Balaban J connectivity index is 2.65. The number of nitriles is 1.